The van der Waals surface area contributed by atoms with Crippen molar-refractivity contribution in [3.8, 4) is 11.5 Å². The van der Waals surface area contributed by atoms with Gasteiger partial charge in [0, 0.05) is 17.5 Å². The number of hydrogen-bond acceptors (Lipinski definition) is 4. The summed E-state index contributed by atoms with van der Waals surface area (Å²) >= 11 is 0. The van der Waals surface area contributed by atoms with E-state index in [1.807, 2.05) is 23.1 Å². The van der Waals surface area contributed by atoms with Crippen LogP contribution in [0.4, 0.5) is 0 Å². The molecule has 0 saturated heterocycles. The first kappa shape index (κ1) is 20.9. The van der Waals surface area contributed by atoms with Gasteiger partial charge in [-0.15, -0.1) is 0 Å². The summed E-state index contributed by atoms with van der Waals surface area (Å²) in [6.07, 6.45) is 4.43. The van der Waals surface area contributed by atoms with E-state index in [-0.39, 0.29) is 23.3 Å². The molecule has 1 spiro atoms. The summed E-state index contributed by atoms with van der Waals surface area (Å²) in [7, 11) is 0. The first-order chi connectivity index (χ1) is 15.5. The second-order valence-corrected chi connectivity index (χ2v) is 9.27. The minimum Gasteiger partial charge on any atom is -0.486 e. The maximum atomic E-state index is 13.6. The van der Waals surface area contributed by atoms with Crippen molar-refractivity contribution >= 4 is 11.8 Å². The molecular formula is C26H30N2O4. The van der Waals surface area contributed by atoms with E-state index in [1.165, 1.54) is 5.56 Å². The van der Waals surface area contributed by atoms with Crippen LogP contribution in [0.5, 0.6) is 11.5 Å². The van der Waals surface area contributed by atoms with E-state index in [2.05, 4.69) is 24.4 Å². The normalized spacial score (nSPS) is 21.7. The van der Waals surface area contributed by atoms with Gasteiger partial charge in [-0.25, -0.2) is 0 Å². The fourth-order valence-electron chi connectivity index (χ4n) is 5.55. The van der Waals surface area contributed by atoms with Gasteiger partial charge in [-0.1, -0.05) is 31.0 Å². The molecule has 6 nitrogen and oxygen atoms in total. The van der Waals surface area contributed by atoms with Crippen LogP contribution in [-0.2, 0) is 10.2 Å². The summed E-state index contributed by atoms with van der Waals surface area (Å²) in [5.41, 5.74) is 2.94. The summed E-state index contributed by atoms with van der Waals surface area (Å²) in [6, 6.07) is 12.5. The van der Waals surface area contributed by atoms with Crippen molar-refractivity contribution in [1.82, 2.24) is 10.2 Å². The van der Waals surface area contributed by atoms with Gasteiger partial charge in [0.15, 0.2) is 11.5 Å². The van der Waals surface area contributed by atoms with Crippen LogP contribution < -0.4 is 14.8 Å². The largest absolute Gasteiger partial charge is 0.486 e. The summed E-state index contributed by atoms with van der Waals surface area (Å²) in [6.45, 7) is 5.62. The predicted octanol–water partition coefficient (Wildman–Crippen LogP) is 3.99. The molecule has 2 unspecified atom stereocenters. The summed E-state index contributed by atoms with van der Waals surface area (Å²) in [5.74, 6) is 1.30. The number of hydrogen-bond donors (Lipinski definition) is 1. The highest BCUT2D eigenvalue weighted by Gasteiger charge is 2.47. The van der Waals surface area contributed by atoms with Crippen molar-refractivity contribution in [3.63, 3.8) is 0 Å². The van der Waals surface area contributed by atoms with E-state index in [1.54, 1.807) is 19.1 Å². The molecule has 0 aromatic heterocycles. The molecule has 2 atom stereocenters. The van der Waals surface area contributed by atoms with Gasteiger partial charge in [0.05, 0.1) is 6.04 Å². The molecule has 32 heavy (non-hydrogen) atoms. The van der Waals surface area contributed by atoms with Gasteiger partial charge in [0.1, 0.15) is 19.3 Å². The number of rotatable bonds is 3. The monoisotopic (exact) mass is 434 g/mol. The molecule has 5 rings (SSSR count). The number of benzene rings is 2. The minimum absolute atomic E-state index is 0.0476. The second kappa shape index (κ2) is 8.15. The minimum atomic E-state index is -0.609. The smallest absolute Gasteiger partial charge is 0.251 e. The lowest BCUT2D eigenvalue weighted by atomic mass is 9.71. The van der Waals surface area contributed by atoms with Crippen LogP contribution in [-0.4, -0.2) is 42.5 Å². The molecule has 6 heteroatoms. The van der Waals surface area contributed by atoms with Crippen LogP contribution in [0.2, 0.25) is 0 Å². The third-order valence-electron chi connectivity index (χ3n) is 7.27. The number of amides is 2. The Hall–Kier alpha value is -3.02. The lowest BCUT2D eigenvalue weighted by Crippen LogP contribution is -2.54. The third-order valence-corrected chi connectivity index (χ3v) is 7.27. The summed E-state index contributed by atoms with van der Waals surface area (Å²) in [5, 5.41) is 2.89. The van der Waals surface area contributed by atoms with Crippen molar-refractivity contribution in [1.29, 1.82) is 0 Å². The van der Waals surface area contributed by atoms with Crippen LogP contribution in [0.15, 0.2) is 42.5 Å². The first-order valence-corrected chi connectivity index (χ1v) is 11.6. The Labute approximate surface area is 188 Å². The standard InChI is InChI=1S/C26H30N2O4/c1-17(27-24(29)19-8-4-3-5-9-19)25(30)28-16-26(10-6-7-11-26)21-15-23-22(31-12-13-32-23)14-20(21)18(28)2/h3-5,8-9,14-15,17-18H,6-7,10-13,16H2,1-2H3,(H,27,29). The molecule has 2 aromatic rings. The lowest BCUT2D eigenvalue weighted by Gasteiger charge is -2.47. The van der Waals surface area contributed by atoms with E-state index in [0.717, 1.165) is 42.7 Å². The van der Waals surface area contributed by atoms with E-state index < -0.39 is 6.04 Å². The van der Waals surface area contributed by atoms with Crippen molar-refractivity contribution in [2.24, 2.45) is 0 Å². The molecule has 0 radical (unpaired) electrons. The van der Waals surface area contributed by atoms with Gasteiger partial charge in [-0.05, 0) is 62.1 Å². The van der Waals surface area contributed by atoms with E-state index in [4.69, 9.17) is 9.47 Å². The number of nitrogens with zero attached hydrogens (tertiary/aromatic N) is 1. The van der Waals surface area contributed by atoms with Gasteiger partial charge >= 0.3 is 0 Å². The number of ether oxygens (including phenoxy) is 2. The lowest BCUT2D eigenvalue weighted by molar-refractivity contribution is -0.136. The molecule has 2 aliphatic heterocycles. The van der Waals surface area contributed by atoms with Crippen LogP contribution in [0.1, 0.15) is 67.1 Å². The Balaban J connectivity index is 1.44. The van der Waals surface area contributed by atoms with Crippen LogP contribution in [0, 0.1) is 0 Å². The van der Waals surface area contributed by atoms with E-state index in [9.17, 15) is 9.59 Å². The quantitative estimate of drug-likeness (QED) is 0.793. The molecule has 1 aliphatic carbocycles. The fourth-order valence-corrected chi connectivity index (χ4v) is 5.55. The molecule has 2 amide bonds. The van der Waals surface area contributed by atoms with Gasteiger partial charge in [-0.3, -0.25) is 9.59 Å². The van der Waals surface area contributed by atoms with Crippen molar-refractivity contribution in [2.75, 3.05) is 19.8 Å². The number of carbonyl (C=O) groups is 2. The zero-order chi connectivity index (χ0) is 22.3. The van der Waals surface area contributed by atoms with Crippen molar-refractivity contribution < 1.29 is 19.1 Å². The Morgan fingerprint density at radius 1 is 1.06 bits per heavy atom. The van der Waals surface area contributed by atoms with Crippen LogP contribution in [0.25, 0.3) is 0 Å². The molecular weight excluding hydrogens is 404 g/mol. The molecule has 1 fully saturated rings. The Bertz CT molecular complexity index is 1030. The molecule has 2 aromatic carbocycles. The van der Waals surface area contributed by atoms with Crippen LogP contribution >= 0.6 is 0 Å². The third kappa shape index (κ3) is 3.51. The maximum Gasteiger partial charge on any atom is 0.251 e. The Morgan fingerprint density at radius 3 is 2.41 bits per heavy atom. The molecule has 3 aliphatic rings. The molecule has 168 valence electrons. The molecule has 2 heterocycles. The Kier molecular flexibility index (Phi) is 5.31. The molecule has 1 saturated carbocycles. The fraction of sp³-hybridized carbons (Fsp3) is 0.462. The SMILES string of the molecule is CC(NC(=O)c1ccccc1)C(=O)N1CC2(CCCC2)c2cc3c(cc2C1C)OCCO3. The highest BCUT2D eigenvalue weighted by Crippen LogP contribution is 2.52. The Morgan fingerprint density at radius 2 is 1.72 bits per heavy atom. The van der Waals surface area contributed by atoms with Crippen molar-refractivity contribution in [2.45, 2.75) is 57.0 Å². The second-order valence-electron chi connectivity index (χ2n) is 9.27. The van der Waals surface area contributed by atoms with Gasteiger partial charge in [0.25, 0.3) is 5.91 Å². The van der Waals surface area contributed by atoms with Gasteiger partial charge < -0.3 is 19.7 Å². The zero-order valence-corrected chi connectivity index (χ0v) is 18.7. The average Bonchev–Trinajstić information content (AvgIpc) is 3.30. The first-order valence-electron chi connectivity index (χ1n) is 11.6. The molecule has 0 bridgehead atoms. The average molecular weight is 435 g/mol. The van der Waals surface area contributed by atoms with Crippen LogP contribution in [0.3, 0.4) is 0 Å². The highest BCUT2D eigenvalue weighted by molar-refractivity contribution is 5.97. The van der Waals surface area contributed by atoms with E-state index in [0.29, 0.717) is 25.3 Å². The number of carbonyl (C=O) groups excluding carboxylic acids is 2. The predicted molar refractivity (Wildman–Crippen MR) is 121 cm³/mol. The topological polar surface area (TPSA) is 67.9 Å². The number of fused-ring (bicyclic) bond motifs is 3. The maximum absolute atomic E-state index is 13.6. The zero-order valence-electron chi connectivity index (χ0n) is 18.7. The van der Waals surface area contributed by atoms with Gasteiger partial charge in [0.2, 0.25) is 5.91 Å². The molecule has 1 N–H and O–H groups in total. The highest BCUT2D eigenvalue weighted by atomic mass is 16.6. The summed E-state index contributed by atoms with van der Waals surface area (Å²) < 4.78 is 11.7. The van der Waals surface area contributed by atoms with E-state index >= 15 is 0 Å². The number of nitrogens with one attached hydrogen (secondary N) is 1. The van der Waals surface area contributed by atoms with Crippen molar-refractivity contribution in [3.05, 3.63) is 59.2 Å². The summed E-state index contributed by atoms with van der Waals surface area (Å²) in [4.78, 5) is 28.1. The van der Waals surface area contributed by atoms with Gasteiger partial charge in [-0.2, -0.15) is 0 Å².